The molecule has 0 atom stereocenters. The van der Waals surface area contributed by atoms with Crippen molar-refractivity contribution in [2.24, 2.45) is 5.92 Å². The summed E-state index contributed by atoms with van der Waals surface area (Å²) >= 11 is 0. The van der Waals surface area contributed by atoms with Gasteiger partial charge < -0.3 is 15.0 Å². The lowest BCUT2D eigenvalue weighted by Crippen LogP contribution is -2.36. The van der Waals surface area contributed by atoms with Crippen LogP contribution in [0.2, 0.25) is 0 Å². The highest BCUT2D eigenvalue weighted by molar-refractivity contribution is 5.75. The van der Waals surface area contributed by atoms with Crippen LogP contribution in [0.1, 0.15) is 28.8 Å². The zero-order chi connectivity index (χ0) is 15.2. The van der Waals surface area contributed by atoms with Crippen molar-refractivity contribution >= 4 is 18.2 Å². The van der Waals surface area contributed by atoms with Crippen molar-refractivity contribution in [2.75, 3.05) is 31.6 Å². The lowest BCUT2D eigenvalue weighted by atomic mass is 9.97. The number of anilines is 1. The molecule has 1 fully saturated rings. The largest absolute Gasteiger partial charge is 0.449 e. The number of aromatic nitrogens is 1. The van der Waals surface area contributed by atoms with E-state index in [1.54, 1.807) is 13.2 Å². The molecule has 6 heteroatoms. The molecule has 0 radical (unpaired) electrons. The van der Waals surface area contributed by atoms with Gasteiger partial charge in [0.2, 0.25) is 0 Å². The van der Waals surface area contributed by atoms with Crippen molar-refractivity contribution in [1.29, 1.82) is 0 Å². The molecule has 0 bridgehead atoms. The Morgan fingerprint density at radius 2 is 2.24 bits per heavy atom. The van der Waals surface area contributed by atoms with E-state index >= 15 is 0 Å². The fraction of sp³-hybridized carbons (Fsp3) is 0.533. The van der Waals surface area contributed by atoms with E-state index in [1.807, 2.05) is 13.0 Å². The smallest absolute Gasteiger partial charge is 0.406 e. The predicted molar refractivity (Wildman–Crippen MR) is 79.7 cm³/mol. The van der Waals surface area contributed by atoms with Gasteiger partial charge in [0.1, 0.15) is 5.82 Å². The van der Waals surface area contributed by atoms with E-state index in [2.05, 4.69) is 15.2 Å². The molecule has 21 heavy (non-hydrogen) atoms. The Morgan fingerprint density at radius 3 is 2.81 bits per heavy atom. The van der Waals surface area contributed by atoms with Crippen molar-refractivity contribution in [1.82, 2.24) is 10.3 Å². The molecule has 1 saturated heterocycles. The number of alkyl carbamates (subject to hydrolysis) is 1. The molecule has 2 rings (SSSR count). The molecule has 0 unspecified atom stereocenters. The van der Waals surface area contributed by atoms with Crippen LogP contribution in [-0.4, -0.2) is 44.1 Å². The zero-order valence-corrected chi connectivity index (χ0v) is 12.5. The second-order valence-electron chi connectivity index (χ2n) is 5.31. The standard InChI is InChI=1S/C15H21N3O3/c1-11-7-13(9-19)8-17-14(11)18-5-3-12(4-6-18)10-21-15(20)16-2/h7-9,12H,3-6,10H2,1-2H3,(H,16,20). The summed E-state index contributed by atoms with van der Waals surface area (Å²) in [5.74, 6) is 1.33. The van der Waals surface area contributed by atoms with E-state index in [4.69, 9.17) is 4.74 Å². The molecule has 0 spiro atoms. The molecular formula is C15H21N3O3. The summed E-state index contributed by atoms with van der Waals surface area (Å²) in [6.07, 6.45) is 3.97. The summed E-state index contributed by atoms with van der Waals surface area (Å²) in [6.45, 7) is 4.20. The molecule has 1 aromatic rings. The fourth-order valence-electron chi connectivity index (χ4n) is 2.56. The molecule has 2 heterocycles. The van der Waals surface area contributed by atoms with Crippen LogP contribution < -0.4 is 10.2 Å². The van der Waals surface area contributed by atoms with Crippen molar-refractivity contribution in [2.45, 2.75) is 19.8 Å². The van der Waals surface area contributed by atoms with Crippen molar-refractivity contribution < 1.29 is 14.3 Å². The van der Waals surface area contributed by atoms with E-state index in [9.17, 15) is 9.59 Å². The summed E-state index contributed by atoms with van der Waals surface area (Å²) in [5.41, 5.74) is 1.62. The van der Waals surface area contributed by atoms with Gasteiger partial charge in [-0.05, 0) is 37.3 Å². The van der Waals surface area contributed by atoms with E-state index in [1.165, 1.54) is 0 Å². The van der Waals surface area contributed by atoms with Crippen molar-refractivity contribution in [3.05, 3.63) is 23.4 Å². The number of nitrogens with one attached hydrogen (secondary N) is 1. The number of carbonyl (C=O) groups is 2. The van der Waals surface area contributed by atoms with Crippen LogP contribution in [0.15, 0.2) is 12.3 Å². The lowest BCUT2D eigenvalue weighted by Gasteiger charge is -2.33. The molecule has 6 nitrogen and oxygen atoms in total. The van der Waals surface area contributed by atoms with Crippen LogP contribution in [0.5, 0.6) is 0 Å². The summed E-state index contributed by atoms with van der Waals surface area (Å²) in [6, 6.07) is 1.86. The minimum Gasteiger partial charge on any atom is -0.449 e. The second kappa shape index (κ2) is 7.06. The maximum Gasteiger partial charge on any atom is 0.406 e. The first-order valence-electron chi connectivity index (χ1n) is 7.15. The van der Waals surface area contributed by atoms with E-state index < -0.39 is 0 Å². The normalized spacial score (nSPS) is 15.6. The number of piperidine rings is 1. The van der Waals surface area contributed by atoms with Crippen LogP contribution in [-0.2, 0) is 4.74 Å². The quantitative estimate of drug-likeness (QED) is 0.856. The number of aryl methyl sites for hydroxylation is 1. The molecule has 1 aromatic heterocycles. The SMILES string of the molecule is CNC(=O)OCC1CCN(c2ncc(C=O)cc2C)CC1. The molecule has 114 valence electrons. The monoisotopic (exact) mass is 291 g/mol. The Morgan fingerprint density at radius 1 is 1.52 bits per heavy atom. The number of pyridine rings is 1. The predicted octanol–water partition coefficient (Wildman–Crippen LogP) is 1.77. The highest BCUT2D eigenvalue weighted by Gasteiger charge is 2.22. The average Bonchev–Trinajstić information content (AvgIpc) is 2.53. The molecule has 1 N–H and O–H groups in total. The number of hydrogen-bond acceptors (Lipinski definition) is 5. The first-order chi connectivity index (χ1) is 10.1. The summed E-state index contributed by atoms with van der Waals surface area (Å²) in [4.78, 5) is 28.4. The third-order valence-electron chi connectivity index (χ3n) is 3.78. The third kappa shape index (κ3) is 3.93. The Bertz CT molecular complexity index is 511. The molecule has 0 aliphatic carbocycles. The van der Waals surface area contributed by atoms with E-state index in [0.717, 1.165) is 43.6 Å². The number of aldehydes is 1. The summed E-state index contributed by atoms with van der Waals surface area (Å²) in [5, 5.41) is 2.45. The Hall–Kier alpha value is -2.11. The van der Waals surface area contributed by atoms with E-state index in [-0.39, 0.29) is 6.09 Å². The molecule has 1 amide bonds. The number of carbonyl (C=O) groups excluding carboxylic acids is 2. The minimum absolute atomic E-state index is 0.376. The maximum absolute atomic E-state index is 11.1. The number of hydrogen-bond donors (Lipinski definition) is 1. The molecule has 0 aromatic carbocycles. The van der Waals surface area contributed by atoms with Crippen LogP contribution in [0.4, 0.5) is 10.6 Å². The van der Waals surface area contributed by atoms with Gasteiger partial charge in [-0.2, -0.15) is 0 Å². The van der Waals surface area contributed by atoms with Gasteiger partial charge in [-0.3, -0.25) is 4.79 Å². The number of amides is 1. The molecular weight excluding hydrogens is 270 g/mol. The van der Waals surface area contributed by atoms with Crippen LogP contribution in [0, 0.1) is 12.8 Å². The molecule has 1 aliphatic rings. The van der Waals surface area contributed by atoms with Crippen LogP contribution in [0.25, 0.3) is 0 Å². The Labute approximate surface area is 124 Å². The first-order valence-corrected chi connectivity index (χ1v) is 7.15. The van der Waals surface area contributed by atoms with E-state index in [0.29, 0.717) is 18.1 Å². The summed E-state index contributed by atoms with van der Waals surface area (Å²) in [7, 11) is 1.56. The van der Waals surface area contributed by atoms with Gasteiger partial charge in [0.25, 0.3) is 0 Å². The average molecular weight is 291 g/mol. The highest BCUT2D eigenvalue weighted by atomic mass is 16.5. The van der Waals surface area contributed by atoms with Crippen molar-refractivity contribution in [3.8, 4) is 0 Å². The van der Waals surface area contributed by atoms with Gasteiger partial charge in [0.15, 0.2) is 6.29 Å². The Balaban J connectivity index is 1.89. The lowest BCUT2D eigenvalue weighted by molar-refractivity contribution is 0.112. The van der Waals surface area contributed by atoms with Gasteiger partial charge in [0.05, 0.1) is 6.61 Å². The third-order valence-corrected chi connectivity index (χ3v) is 3.78. The number of ether oxygens (including phenoxy) is 1. The Kier molecular flexibility index (Phi) is 5.14. The minimum atomic E-state index is -0.376. The summed E-state index contributed by atoms with van der Waals surface area (Å²) < 4.78 is 5.10. The van der Waals surface area contributed by atoms with Crippen molar-refractivity contribution in [3.63, 3.8) is 0 Å². The van der Waals surface area contributed by atoms with Gasteiger partial charge in [-0.25, -0.2) is 9.78 Å². The second-order valence-corrected chi connectivity index (χ2v) is 5.31. The van der Waals surface area contributed by atoms with Gasteiger partial charge >= 0.3 is 6.09 Å². The van der Waals surface area contributed by atoms with Crippen LogP contribution >= 0.6 is 0 Å². The topological polar surface area (TPSA) is 71.5 Å². The van der Waals surface area contributed by atoms with Gasteiger partial charge in [0, 0.05) is 31.9 Å². The highest BCUT2D eigenvalue weighted by Crippen LogP contribution is 2.24. The van der Waals surface area contributed by atoms with Gasteiger partial charge in [-0.1, -0.05) is 0 Å². The zero-order valence-electron chi connectivity index (χ0n) is 12.5. The fourth-order valence-corrected chi connectivity index (χ4v) is 2.56. The van der Waals surface area contributed by atoms with Gasteiger partial charge in [-0.15, -0.1) is 0 Å². The first kappa shape index (κ1) is 15.3. The number of rotatable bonds is 4. The number of nitrogens with zero attached hydrogens (tertiary/aromatic N) is 2. The van der Waals surface area contributed by atoms with Crippen LogP contribution in [0.3, 0.4) is 0 Å². The maximum atomic E-state index is 11.1. The molecule has 1 aliphatic heterocycles. The molecule has 0 saturated carbocycles.